The van der Waals surface area contributed by atoms with Crippen molar-refractivity contribution in [2.45, 2.75) is 13.0 Å². The lowest BCUT2D eigenvalue weighted by atomic mass is 10.0. The number of nitrogens with one attached hydrogen (secondary N) is 1. The van der Waals surface area contributed by atoms with Crippen molar-refractivity contribution in [2.75, 3.05) is 6.54 Å². The van der Waals surface area contributed by atoms with Crippen molar-refractivity contribution in [3.8, 4) is 0 Å². The fourth-order valence-electron chi connectivity index (χ4n) is 1.93. The largest absolute Gasteiger partial charge is 0.305 e. The molecule has 1 heterocycles. The van der Waals surface area contributed by atoms with Crippen molar-refractivity contribution < 1.29 is 4.39 Å². The van der Waals surface area contributed by atoms with Crippen LogP contribution >= 0.6 is 11.6 Å². The molecule has 3 nitrogen and oxygen atoms in total. The summed E-state index contributed by atoms with van der Waals surface area (Å²) < 4.78 is 15.6. The van der Waals surface area contributed by atoms with Crippen molar-refractivity contribution in [3.05, 3.63) is 52.6 Å². The Morgan fingerprint density at radius 3 is 2.78 bits per heavy atom. The molecule has 5 heteroatoms. The minimum absolute atomic E-state index is 0.320. The van der Waals surface area contributed by atoms with Gasteiger partial charge in [0.15, 0.2) is 0 Å². The third-order valence-corrected chi connectivity index (χ3v) is 3.06. The Hall–Kier alpha value is -1.39. The number of hydrogen-bond donors (Lipinski definition) is 1. The van der Waals surface area contributed by atoms with Crippen molar-refractivity contribution >= 4 is 11.6 Å². The van der Waals surface area contributed by atoms with Gasteiger partial charge in [0.2, 0.25) is 0 Å². The molecule has 0 bridgehead atoms. The monoisotopic (exact) mass is 267 g/mol. The lowest BCUT2D eigenvalue weighted by Crippen LogP contribution is -2.24. The van der Waals surface area contributed by atoms with Crippen molar-refractivity contribution in [1.29, 1.82) is 0 Å². The summed E-state index contributed by atoms with van der Waals surface area (Å²) in [5.74, 6) is -0.320. The molecule has 1 unspecified atom stereocenters. The molecule has 18 heavy (non-hydrogen) atoms. The molecule has 0 saturated carbocycles. The molecule has 0 amide bonds. The van der Waals surface area contributed by atoms with Gasteiger partial charge in [0.25, 0.3) is 0 Å². The van der Waals surface area contributed by atoms with Crippen molar-refractivity contribution in [2.24, 2.45) is 7.05 Å². The Morgan fingerprint density at radius 2 is 2.22 bits per heavy atom. The van der Waals surface area contributed by atoms with Crippen LogP contribution in [0.25, 0.3) is 0 Å². The van der Waals surface area contributed by atoms with Gasteiger partial charge >= 0.3 is 0 Å². The van der Waals surface area contributed by atoms with E-state index in [1.165, 1.54) is 6.07 Å². The van der Waals surface area contributed by atoms with Gasteiger partial charge in [-0.05, 0) is 24.7 Å². The Labute approximate surface area is 111 Å². The molecule has 0 saturated heterocycles. The zero-order valence-corrected chi connectivity index (χ0v) is 11.1. The molecule has 0 aliphatic heterocycles. The lowest BCUT2D eigenvalue weighted by molar-refractivity contribution is 0.546. The summed E-state index contributed by atoms with van der Waals surface area (Å²) in [5, 5.41) is 7.94. The topological polar surface area (TPSA) is 29.9 Å². The second kappa shape index (κ2) is 5.50. The third kappa shape index (κ3) is 2.54. The van der Waals surface area contributed by atoms with Gasteiger partial charge in [-0.1, -0.05) is 24.6 Å². The first-order valence-corrected chi connectivity index (χ1v) is 6.18. The van der Waals surface area contributed by atoms with E-state index >= 15 is 0 Å². The van der Waals surface area contributed by atoms with E-state index in [1.54, 1.807) is 16.8 Å². The van der Waals surface area contributed by atoms with Crippen LogP contribution in [0.3, 0.4) is 0 Å². The highest BCUT2D eigenvalue weighted by molar-refractivity contribution is 6.31. The van der Waals surface area contributed by atoms with Crippen LogP contribution < -0.4 is 5.32 Å². The van der Waals surface area contributed by atoms with E-state index in [4.69, 9.17) is 11.6 Å². The standard InChI is InChI=1S/C13H15ClFN3/c1-3-16-13(11-7-8-18(2)17-11)12-9(14)5-4-6-10(12)15/h4-8,13,16H,3H2,1-2H3. The molecule has 0 spiro atoms. The molecular formula is C13H15ClFN3. The molecule has 0 radical (unpaired) electrons. The first-order valence-electron chi connectivity index (χ1n) is 5.80. The second-order valence-electron chi connectivity index (χ2n) is 4.04. The average Bonchev–Trinajstić information content (AvgIpc) is 2.74. The molecule has 96 valence electrons. The van der Waals surface area contributed by atoms with E-state index in [2.05, 4.69) is 10.4 Å². The first-order chi connectivity index (χ1) is 8.63. The van der Waals surface area contributed by atoms with Gasteiger partial charge in [0.1, 0.15) is 5.82 Å². The van der Waals surface area contributed by atoms with E-state index in [1.807, 2.05) is 26.2 Å². The zero-order valence-electron chi connectivity index (χ0n) is 10.3. The molecule has 0 aliphatic carbocycles. The van der Waals surface area contributed by atoms with E-state index in [9.17, 15) is 4.39 Å². The first kappa shape index (κ1) is 13.1. The van der Waals surface area contributed by atoms with Gasteiger partial charge in [-0.15, -0.1) is 0 Å². The van der Waals surface area contributed by atoms with Crippen LogP contribution in [0.4, 0.5) is 4.39 Å². The maximum Gasteiger partial charge on any atom is 0.129 e. The summed E-state index contributed by atoms with van der Waals surface area (Å²) in [7, 11) is 1.83. The number of benzene rings is 1. The Kier molecular flexibility index (Phi) is 3.99. The predicted molar refractivity (Wildman–Crippen MR) is 70.1 cm³/mol. The predicted octanol–water partition coefficient (Wildman–Crippen LogP) is 2.91. The van der Waals surface area contributed by atoms with E-state index in [0.29, 0.717) is 17.1 Å². The third-order valence-electron chi connectivity index (χ3n) is 2.73. The van der Waals surface area contributed by atoms with Gasteiger partial charge in [-0.2, -0.15) is 5.10 Å². The number of halogens is 2. The number of aromatic nitrogens is 2. The molecule has 1 aromatic heterocycles. The van der Waals surface area contributed by atoms with Gasteiger partial charge in [0, 0.05) is 23.8 Å². The van der Waals surface area contributed by atoms with E-state index < -0.39 is 0 Å². The lowest BCUT2D eigenvalue weighted by Gasteiger charge is -2.18. The molecule has 1 atom stereocenters. The smallest absolute Gasteiger partial charge is 0.129 e. The number of rotatable bonds is 4. The zero-order chi connectivity index (χ0) is 13.1. The van der Waals surface area contributed by atoms with Crippen molar-refractivity contribution in [1.82, 2.24) is 15.1 Å². The summed E-state index contributed by atoms with van der Waals surface area (Å²) in [6.45, 7) is 2.66. The maximum absolute atomic E-state index is 14.0. The molecule has 1 N–H and O–H groups in total. The van der Waals surface area contributed by atoms with Crippen LogP contribution in [0.5, 0.6) is 0 Å². The normalized spacial score (nSPS) is 12.7. The maximum atomic E-state index is 14.0. The highest BCUT2D eigenvalue weighted by Gasteiger charge is 2.21. The quantitative estimate of drug-likeness (QED) is 0.923. The van der Waals surface area contributed by atoms with Gasteiger partial charge in [-0.3, -0.25) is 4.68 Å². The molecule has 2 rings (SSSR count). The van der Waals surface area contributed by atoms with Gasteiger partial charge in [0.05, 0.1) is 11.7 Å². The fourth-order valence-corrected chi connectivity index (χ4v) is 2.20. The second-order valence-corrected chi connectivity index (χ2v) is 4.45. The minimum Gasteiger partial charge on any atom is -0.305 e. The van der Waals surface area contributed by atoms with Crippen LogP contribution in [0.2, 0.25) is 5.02 Å². The highest BCUT2D eigenvalue weighted by Crippen LogP contribution is 2.29. The summed E-state index contributed by atoms with van der Waals surface area (Å²) in [6.07, 6.45) is 1.83. The Bertz CT molecular complexity index is 519. The fraction of sp³-hybridized carbons (Fsp3) is 0.308. The molecule has 1 aromatic carbocycles. The highest BCUT2D eigenvalue weighted by atomic mass is 35.5. The summed E-state index contributed by atoms with van der Waals surface area (Å²) in [6, 6.07) is 6.23. The van der Waals surface area contributed by atoms with E-state index in [0.717, 1.165) is 5.69 Å². The molecule has 2 aromatic rings. The minimum atomic E-state index is -0.329. The Morgan fingerprint density at radius 1 is 1.44 bits per heavy atom. The Balaban J connectivity index is 2.47. The number of hydrogen-bond acceptors (Lipinski definition) is 2. The molecule has 0 fully saturated rings. The van der Waals surface area contributed by atoms with Gasteiger partial charge in [-0.25, -0.2) is 4.39 Å². The number of aryl methyl sites for hydroxylation is 1. The summed E-state index contributed by atoms with van der Waals surface area (Å²) in [4.78, 5) is 0. The van der Waals surface area contributed by atoms with Crippen molar-refractivity contribution in [3.63, 3.8) is 0 Å². The molecule has 0 aliphatic rings. The van der Waals surface area contributed by atoms with Crippen LogP contribution in [-0.2, 0) is 7.05 Å². The van der Waals surface area contributed by atoms with Crippen LogP contribution in [0.1, 0.15) is 24.2 Å². The average molecular weight is 268 g/mol. The van der Waals surface area contributed by atoms with Crippen LogP contribution in [0, 0.1) is 5.82 Å². The van der Waals surface area contributed by atoms with Crippen LogP contribution in [0.15, 0.2) is 30.5 Å². The molecular weight excluding hydrogens is 253 g/mol. The van der Waals surface area contributed by atoms with Gasteiger partial charge < -0.3 is 5.32 Å². The van der Waals surface area contributed by atoms with E-state index in [-0.39, 0.29) is 11.9 Å². The number of nitrogens with zero attached hydrogens (tertiary/aromatic N) is 2. The summed E-state index contributed by atoms with van der Waals surface area (Å²) in [5.41, 5.74) is 1.20. The van der Waals surface area contributed by atoms with Crippen LogP contribution in [-0.4, -0.2) is 16.3 Å². The SMILES string of the molecule is CCNC(c1ccn(C)n1)c1c(F)cccc1Cl. The summed E-state index contributed by atoms with van der Waals surface area (Å²) >= 11 is 6.10.